The molecule has 0 spiro atoms. The third kappa shape index (κ3) is 19.1. The van der Waals surface area contributed by atoms with Crippen molar-refractivity contribution in [2.45, 2.75) is 4.30 Å². The number of anilines is 1. The third-order valence-corrected chi connectivity index (χ3v) is 6.89. The van der Waals surface area contributed by atoms with Crippen LogP contribution in [0.2, 0.25) is 0 Å². The van der Waals surface area contributed by atoms with Crippen LogP contribution in [-0.2, 0) is 9.68 Å². The summed E-state index contributed by atoms with van der Waals surface area (Å²) in [5.74, 6) is 0.486. The van der Waals surface area contributed by atoms with Crippen LogP contribution < -0.4 is 40.5 Å². The number of non-ortho nitro benzene ring substituents is 2. The molecule has 0 unspecified atom stereocenters. The van der Waals surface area contributed by atoms with E-state index in [0.717, 1.165) is 24.0 Å². The topological polar surface area (TPSA) is 209 Å². The van der Waals surface area contributed by atoms with E-state index < -0.39 is 14.1 Å². The number of nitro groups is 2. The molecule has 3 heterocycles. The van der Waals surface area contributed by atoms with Crippen LogP contribution in [0.3, 0.4) is 0 Å². The fraction of sp³-hybridized carbons (Fsp3) is 0.0714. The molecular formula is C28H21BrCl3I2N6NaO8. The first-order valence-electron chi connectivity index (χ1n) is 12.5. The van der Waals surface area contributed by atoms with Crippen LogP contribution in [0.15, 0.2) is 91.4 Å². The van der Waals surface area contributed by atoms with Gasteiger partial charge in [-0.15, -0.1) is 0 Å². The number of benzene rings is 2. The molecule has 0 fully saturated rings. The third-order valence-electron chi connectivity index (χ3n) is 5.10. The fourth-order valence-electron chi connectivity index (χ4n) is 3.09. The van der Waals surface area contributed by atoms with Crippen molar-refractivity contribution in [3.05, 3.63) is 124 Å². The Hall–Kier alpha value is -2.21. The van der Waals surface area contributed by atoms with Gasteiger partial charge in [-0.25, -0.2) is 9.97 Å². The molecule has 14 nitrogen and oxygen atoms in total. The van der Waals surface area contributed by atoms with E-state index >= 15 is 0 Å². The normalized spacial score (nSPS) is 9.39. The van der Waals surface area contributed by atoms with Crippen molar-refractivity contribution in [1.29, 1.82) is 0 Å². The molecule has 2 N–H and O–H groups in total. The Morgan fingerprint density at radius 2 is 1.41 bits per heavy atom. The Labute approximate surface area is 351 Å². The van der Waals surface area contributed by atoms with E-state index in [1.165, 1.54) is 36.4 Å². The molecule has 0 saturated heterocycles. The van der Waals surface area contributed by atoms with Crippen molar-refractivity contribution in [2.75, 3.05) is 11.1 Å². The molecule has 0 radical (unpaired) electrons. The Morgan fingerprint density at radius 3 is 1.82 bits per heavy atom. The summed E-state index contributed by atoms with van der Waals surface area (Å²) < 4.78 is 3.42. The quantitative estimate of drug-likeness (QED) is 0.0369. The summed E-state index contributed by atoms with van der Waals surface area (Å²) in [5.41, 5.74) is 8.39. The van der Waals surface area contributed by atoms with E-state index in [4.69, 9.17) is 50.6 Å². The van der Waals surface area contributed by atoms with Crippen LogP contribution in [0.25, 0.3) is 16.9 Å². The number of carbonyl (C=O) groups excluding carboxylic acids is 2. The van der Waals surface area contributed by atoms with Crippen molar-refractivity contribution in [2.24, 2.45) is 0 Å². The first-order valence-corrected chi connectivity index (χ1v) is 17.0. The fourth-order valence-corrected chi connectivity index (χ4v) is 4.21. The molecule has 0 aliphatic carbocycles. The number of pyridine rings is 2. The number of nitro benzene ring substituents is 2. The average Bonchev–Trinajstić information content (AvgIpc) is 3.49. The predicted octanol–water partition coefficient (Wildman–Crippen LogP) is 4.38. The van der Waals surface area contributed by atoms with Crippen LogP contribution in [0.1, 0.15) is 10.4 Å². The van der Waals surface area contributed by atoms with Gasteiger partial charge in [0.05, 0.1) is 20.9 Å². The predicted molar refractivity (Wildman–Crippen MR) is 201 cm³/mol. The number of aromatic nitrogens is 3. The standard InChI is InChI=1S/C13H8IN3O2.C8H6BrNO3.C5H5IN2.CHCl3.CH2O3.Na/c14-10-3-6-13-15-12(8-16(13)7-10)9-1-4-11(5-2-9)17(18)19;9-5-8(11)6-1-3-7(4-2-6)10(12)13;6-4-1-2-5(7)8-3-4;2-1(3)4;2-1-4-3;/h1-8H;1-4H,5H2;1-3H,(H2,7,8);1H;1,3H;/q;;;;;+1/p-1. The van der Waals surface area contributed by atoms with Crippen molar-refractivity contribution < 1.29 is 59.1 Å². The minimum absolute atomic E-state index is 0. The molecule has 5 aromatic rings. The number of alkyl halides is 4. The maximum absolute atomic E-state index is 11.1. The molecular weight excluding hydrogens is 1010 g/mol. The zero-order valence-corrected chi connectivity index (χ0v) is 35.0. The Kier molecular flexibility index (Phi) is 24.5. The van der Waals surface area contributed by atoms with Crippen LogP contribution in [0.5, 0.6) is 0 Å². The SMILES string of the molecule is ClC(Cl)Cl.Nc1ccc(I)cn1.O=C(CBr)c1ccc([N+](=O)[O-])cc1.O=CO[O-].O=[N+]([O-])c1ccc(-c2cn3cc(I)ccc3n2)cc1.[Na+]. The van der Waals surface area contributed by atoms with E-state index in [2.05, 4.69) is 76.0 Å². The molecule has 49 heavy (non-hydrogen) atoms. The first-order chi connectivity index (χ1) is 22.7. The second-order valence-corrected chi connectivity index (χ2v) is 13.3. The van der Waals surface area contributed by atoms with E-state index in [-0.39, 0.29) is 58.5 Å². The molecule has 2 aromatic carbocycles. The van der Waals surface area contributed by atoms with Crippen LogP contribution in [-0.4, -0.2) is 46.1 Å². The summed E-state index contributed by atoms with van der Waals surface area (Å²) in [5, 5.41) is 29.5. The largest absolute Gasteiger partial charge is 1.00 e. The first kappa shape index (κ1) is 46.8. The summed E-state index contributed by atoms with van der Waals surface area (Å²) >= 11 is 21.9. The number of ketones is 1. The molecule has 0 atom stereocenters. The van der Waals surface area contributed by atoms with Gasteiger partial charge in [0.15, 0.2) is 10.1 Å². The van der Waals surface area contributed by atoms with Crippen LogP contribution in [0, 0.1) is 27.4 Å². The summed E-state index contributed by atoms with van der Waals surface area (Å²) in [7, 11) is 0. The molecule has 0 aliphatic rings. The van der Waals surface area contributed by atoms with E-state index in [1.807, 2.05) is 35.0 Å². The molecule has 5 rings (SSSR count). The monoisotopic (exact) mass is 1030 g/mol. The van der Waals surface area contributed by atoms with Gasteiger partial charge in [-0.2, -0.15) is 0 Å². The number of Topliss-reactive ketones (excluding diaryl/α,β-unsaturated/α-hetero) is 1. The van der Waals surface area contributed by atoms with Gasteiger partial charge >= 0.3 is 29.6 Å². The van der Waals surface area contributed by atoms with Gasteiger partial charge in [-0.3, -0.25) is 29.8 Å². The van der Waals surface area contributed by atoms with Gasteiger partial charge in [-0.05, 0) is 93.7 Å². The Morgan fingerprint density at radius 1 is 0.918 bits per heavy atom. The van der Waals surface area contributed by atoms with Gasteiger partial charge in [0.2, 0.25) is 0 Å². The summed E-state index contributed by atoms with van der Waals surface area (Å²) in [6.45, 7) is -0.181. The second kappa shape index (κ2) is 25.7. The van der Waals surface area contributed by atoms with Gasteiger partial charge in [0, 0.05) is 61.1 Å². The smallest absolute Gasteiger partial charge is 0.662 e. The van der Waals surface area contributed by atoms with Gasteiger partial charge in [0.25, 0.3) is 17.8 Å². The van der Waals surface area contributed by atoms with Crippen LogP contribution in [0.4, 0.5) is 17.2 Å². The number of hydrogen-bond donors (Lipinski definition) is 1. The number of hydrogen-bond acceptors (Lipinski definition) is 11. The van der Waals surface area contributed by atoms with Gasteiger partial charge in [-0.1, -0.05) is 50.7 Å². The number of nitrogens with zero attached hydrogens (tertiary/aromatic N) is 5. The number of fused-ring (bicyclic) bond motifs is 1. The van der Waals surface area contributed by atoms with E-state index in [9.17, 15) is 25.0 Å². The number of nitrogen functional groups attached to an aromatic ring is 1. The maximum Gasteiger partial charge on any atom is 1.00 e. The van der Waals surface area contributed by atoms with Crippen molar-refractivity contribution in [1.82, 2.24) is 14.4 Å². The second-order valence-electron chi connectivity index (χ2n) is 8.24. The molecule has 254 valence electrons. The van der Waals surface area contributed by atoms with E-state index in [0.29, 0.717) is 11.4 Å². The molecule has 21 heteroatoms. The Bertz CT molecular complexity index is 1750. The average molecular weight is 1030 g/mol. The number of rotatable bonds is 6. The zero-order valence-electron chi connectivity index (χ0n) is 24.9. The number of carbonyl (C=O) groups is 2. The minimum atomic E-state index is -0.750. The zero-order chi connectivity index (χ0) is 36.2. The molecule has 0 saturated carbocycles. The molecule has 0 aliphatic heterocycles. The summed E-state index contributed by atoms with van der Waals surface area (Å²) in [4.78, 5) is 50.6. The van der Waals surface area contributed by atoms with Crippen molar-refractivity contribution in [3.8, 4) is 11.3 Å². The van der Waals surface area contributed by atoms with Crippen LogP contribution >= 0.6 is 95.9 Å². The summed E-state index contributed by atoms with van der Waals surface area (Å²) in [6.07, 6.45) is 5.63. The molecule has 3 aromatic heterocycles. The molecule has 0 amide bonds. The number of imidazole rings is 1. The maximum atomic E-state index is 11.1. The summed E-state index contributed by atoms with van der Waals surface area (Å²) in [6, 6.07) is 19.6. The van der Waals surface area contributed by atoms with Gasteiger partial charge in [0.1, 0.15) is 11.5 Å². The molecule has 0 bridgehead atoms. The Balaban J connectivity index is 0.000000667. The van der Waals surface area contributed by atoms with E-state index in [1.54, 1.807) is 24.4 Å². The number of nitrogens with two attached hydrogens (primary N) is 1. The van der Waals surface area contributed by atoms with Crippen molar-refractivity contribution in [3.63, 3.8) is 0 Å². The van der Waals surface area contributed by atoms with Crippen molar-refractivity contribution >= 4 is 131 Å². The minimum Gasteiger partial charge on any atom is -0.662 e. The van der Waals surface area contributed by atoms with Gasteiger partial charge < -0.3 is 20.3 Å². The number of halogens is 6.